The van der Waals surface area contributed by atoms with Crippen LogP contribution in [0.4, 0.5) is 4.79 Å². The molecule has 0 saturated carbocycles. The van der Waals surface area contributed by atoms with E-state index in [1.165, 1.54) is 32.0 Å². The molecule has 0 radical (unpaired) electrons. The lowest BCUT2D eigenvalue weighted by molar-refractivity contribution is -0.139. The van der Waals surface area contributed by atoms with Crippen molar-refractivity contribution in [1.82, 2.24) is 0 Å². The molecule has 1 rings (SSSR count). The number of rotatable bonds is 11. The van der Waals surface area contributed by atoms with Crippen molar-refractivity contribution >= 4 is 24.1 Å². The van der Waals surface area contributed by atoms with Gasteiger partial charge in [0.2, 0.25) is 0 Å². The maximum atomic E-state index is 11.9. The summed E-state index contributed by atoms with van der Waals surface area (Å²) in [5, 5.41) is 9.55. The van der Waals surface area contributed by atoms with Gasteiger partial charge in [0.1, 0.15) is 12.1 Å². The lowest BCUT2D eigenvalue weighted by atomic mass is 9.79. The number of carbonyl (C=O) groups is 4. The van der Waals surface area contributed by atoms with Crippen LogP contribution in [-0.4, -0.2) is 47.9 Å². The minimum atomic E-state index is -1.36. The third-order valence-electron chi connectivity index (χ3n) is 4.84. The maximum Gasteiger partial charge on any atom is 0.508 e. The molecule has 0 bridgehead atoms. The fraction of sp³-hybridized carbons (Fsp3) is 0.545. The highest BCUT2D eigenvalue weighted by atomic mass is 16.7. The molecule has 0 amide bonds. The number of carbonyl (C=O) groups excluding carboxylic acids is 3. The van der Waals surface area contributed by atoms with Crippen LogP contribution < -0.4 is 15.2 Å². The van der Waals surface area contributed by atoms with Crippen molar-refractivity contribution < 1.29 is 43.2 Å². The van der Waals surface area contributed by atoms with Gasteiger partial charge >= 0.3 is 24.1 Å². The standard InChI is InChI=1S/C22H31NO9/c1-6-7-10-29-22(28)30-13(3)12(2)19(20(23)21(26)27)16-8-9-17(31-14(4)24)18(11-16)32-15(5)25/h8-9,11-13,19-20H,6-7,10,23H2,1-5H3,(H,26,27)/t12?,13?,19?,20-/m0/s1. The number of aliphatic carboxylic acids is 1. The van der Waals surface area contributed by atoms with E-state index in [2.05, 4.69) is 0 Å². The van der Waals surface area contributed by atoms with Gasteiger partial charge in [-0.25, -0.2) is 4.79 Å². The first-order valence-corrected chi connectivity index (χ1v) is 10.3. The van der Waals surface area contributed by atoms with Gasteiger partial charge in [-0.3, -0.25) is 14.4 Å². The van der Waals surface area contributed by atoms with Crippen molar-refractivity contribution in [3.63, 3.8) is 0 Å². The van der Waals surface area contributed by atoms with Gasteiger partial charge in [0, 0.05) is 25.7 Å². The Hall–Kier alpha value is -3.14. The van der Waals surface area contributed by atoms with Crippen LogP contribution in [0.1, 0.15) is 58.9 Å². The Balaban J connectivity index is 3.25. The van der Waals surface area contributed by atoms with E-state index < -0.39 is 48.0 Å². The van der Waals surface area contributed by atoms with E-state index in [0.717, 1.165) is 6.42 Å². The Morgan fingerprint density at radius 3 is 2.16 bits per heavy atom. The molecule has 3 N–H and O–H groups in total. The predicted molar refractivity (Wildman–Crippen MR) is 113 cm³/mol. The fourth-order valence-electron chi connectivity index (χ4n) is 3.08. The third kappa shape index (κ3) is 8.18. The molecule has 1 aromatic rings. The van der Waals surface area contributed by atoms with E-state index in [1.54, 1.807) is 13.8 Å². The van der Waals surface area contributed by atoms with Crippen LogP contribution in [0.15, 0.2) is 18.2 Å². The monoisotopic (exact) mass is 453 g/mol. The van der Waals surface area contributed by atoms with E-state index >= 15 is 0 Å². The lowest BCUT2D eigenvalue weighted by Crippen LogP contribution is -2.42. The molecule has 1 aromatic carbocycles. The molecule has 0 saturated heterocycles. The number of hydrogen-bond donors (Lipinski definition) is 2. The second-order valence-corrected chi connectivity index (χ2v) is 7.42. The topological polar surface area (TPSA) is 151 Å². The number of esters is 2. The van der Waals surface area contributed by atoms with Crippen LogP contribution in [-0.2, 0) is 23.9 Å². The second-order valence-electron chi connectivity index (χ2n) is 7.42. The number of hydrogen-bond acceptors (Lipinski definition) is 9. The molecule has 0 fully saturated rings. The molecule has 10 nitrogen and oxygen atoms in total. The normalized spacial score (nSPS) is 14.4. The van der Waals surface area contributed by atoms with Crippen molar-refractivity contribution in [3.8, 4) is 11.5 Å². The molecule has 4 atom stereocenters. The van der Waals surface area contributed by atoms with E-state index in [-0.39, 0.29) is 18.1 Å². The molecule has 10 heteroatoms. The lowest BCUT2D eigenvalue weighted by Gasteiger charge is -2.31. The summed E-state index contributed by atoms with van der Waals surface area (Å²) in [6, 6.07) is 2.92. The molecule has 0 aliphatic heterocycles. The SMILES string of the molecule is CCCCOC(=O)OC(C)C(C)C(c1ccc(OC(C)=O)c(OC(C)=O)c1)[C@H](N)C(=O)O. The van der Waals surface area contributed by atoms with Crippen LogP contribution in [0.25, 0.3) is 0 Å². The highest BCUT2D eigenvalue weighted by Gasteiger charge is 2.36. The molecule has 178 valence electrons. The van der Waals surface area contributed by atoms with Crippen molar-refractivity contribution in [2.45, 2.75) is 65.5 Å². The van der Waals surface area contributed by atoms with Crippen LogP contribution in [0.2, 0.25) is 0 Å². The Morgan fingerprint density at radius 2 is 1.62 bits per heavy atom. The molecule has 32 heavy (non-hydrogen) atoms. The number of nitrogens with two attached hydrogens (primary N) is 1. The summed E-state index contributed by atoms with van der Waals surface area (Å²) in [5.41, 5.74) is 6.36. The van der Waals surface area contributed by atoms with Crippen molar-refractivity contribution in [3.05, 3.63) is 23.8 Å². The zero-order valence-corrected chi connectivity index (χ0v) is 19.0. The van der Waals surface area contributed by atoms with E-state index in [1.807, 2.05) is 6.92 Å². The summed E-state index contributed by atoms with van der Waals surface area (Å²) in [7, 11) is 0. The van der Waals surface area contributed by atoms with Crippen LogP contribution in [0.3, 0.4) is 0 Å². The Kier molecular flexibility index (Phi) is 10.6. The highest BCUT2D eigenvalue weighted by molar-refractivity contribution is 5.76. The number of benzene rings is 1. The molecule has 0 heterocycles. The minimum Gasteiger partial charge on any atom is -0.480 e. The number of carboxylic acid groups (broad SMARTS) is 1. The van der Waals surface area contributed by atoms with Crippen molar-refractivity contribution in [2.75, 3.05) is 6.61 Å². The van der Waals surface area contributed by atoms with E-state index in [0.29, 0.717) is 12.0 Å². The van der Waals surface area contributed by atoms with E-state index in [4.69, 9.17) is 24.7 Å². The molecule has 0 spiro atoms. The molecular formula is C22H31NO9. The summed E-state index contributed by atoms with van der Waals surface area (Å²) in [5.74, 6) is -4.02. The predicted octanol–water partition coefficient (Wildman–Crippen LogP) is 3.01. The Labute approximate surface area is 187 Å². The largest absolute Gasteiger partial charge is 0.508 e. The van der Waals surface area contributed by atoms with Crippen LogP contribution in [0, 0.1) is 5.92 Å². The average molecular weight is 453 g/mol. The molecule has 0 aliphatic carbocycles. The number of ether oxygens (including phenoxy) is 4. The summed E-state index contributed by atoms with van der Waals surface area (Å²) < 4.78 is 20.5. The molecule has 3 unspecified atom stereocenters. The molecule has 0 aliphatic rings. The van der Waals surface area contributed by atoms with Gasteiger partial charge in [0.05, 0.1) is 6.61 Å². The summed E-state index contributed by atoms with van der Waals surface area (Å²) in [4.78, 5) is 46.5. The maximum absolute atomic E-state index is 11.9. The van der Waals surface area contributed by atoms with E-state index in [9.17, 15) is 24.3 Å². The molecular weight excluding hydrogens is 422 g/mol. The summed E-state index contributed by atoms with van der Waals surface area (Å²) in [6.07, 6.45) is -0.0572. The minimum absolute atomic E-state index is 0.00412. The van der Waals surface area contributed by atoms with Gasteiger partial charge in [-0.05, 0) is 31.0 Å². The first-order valence-electron chi connectivity index (χ1n) is 10.3. The number of carboxylic acids is 1. The van der Waals surface area contributed by atoms with Crippen molar-refractivity contribution in [2.24, 2.45) is 11.7 Å². The Morgan fingerprint density at radius 1 is 1.03 bits per heavy atom. The summed E-state index contributed by atoms with van der Waals surface area (Å²) >= 11 is 0. The van der Waals surface area contributed by atoms with Gasteiger partial charge < -0.3 is 29.8 Å². The van der Waals surface area contributed by atoms with Crippen LogP contribution in [0.5, 0.6) is 11.5 Å². The number of unbranched alkanes of at least 4 members (excludes halogenated alkanes) is 1. The van der Waals surface area contributed by atoms with Gasteiger partial charge in [0.25, 0.3) is 0 Å². The average Bonchev–Trinajstić information content (AvgIpc) is 2.69. The first-order chi connectivity index (χ1) is 15.0. The quantitative estimate of drug-likeness (QED) is 0.290. The first kappa shape index (κ1) is 26.9. The fourth-order valence-corrected chi connectivity index (χ4v) is 3.08. The van der Waals surface area contributed by atoms with Gasteiger partial charge in [-0.1, -0.05) is 26.3 Å². The highest BCUT2D eigenvalue weighted by Crippen LogP contribution is 2.37. The third-order valence-corrected chi connectivity index (χ3v) is 4.84. The molecule has 0 aromatic heterocycles. The van der Waals surface area contributed by atoms with Gasteiger partial charge in [-0.15, -0.1) is 0 Å². The Bertz CT molecular complexity index is 824. The zero-order valence-electron chi connectivity index (χ0n) is 19.0. The van der Waals surface area contributed by atoms with Crippen molar-refractivity contribution in [1.29, 1.82) is 0 Å². The van der Waals surface area contributed by atoms with Gasteiger partial charge in [-0.2, -0.15) is 0 Å². The summed E-state index contributed by atoms with van der Waals surface area (Å²) in [6.45, 7) is 7.82. The smallest absolute Gasteiger partial charge is 0.480 e. The van der Waals surface area contributed by atoms with Gasteiger partial charge in [0.15, 0.2) is 11.5 Å². The second kappa shape index (κ2) is 12.7. The van der Waals surface area contributed by atoms with Crippen LogP contribution >= 0.6 is 0 Å². The zero-order chi connectivity index (χ0) is 24.4.